The number of ether oxygens (including phenoxy) is 1. The maximum absolute atomic E-state index is 13.0. The van der Waals surface area contributed by atoms with Gasteiger partial charge in [-0.15, -0.1) is 0 Å². The molecule has 0 radical (unpaired) electrons. The average molecular weight is 196 g/mol. The van der Waals surface area contributed by atoms with Gasteiger partial charge in [-0.2, -0.15) is 0 Å². The van der Waals surface area contributed by atoms with Gasteiger partial charge in [0.25, 0.3) is 0 Å². The fourth-order valence-electron chi connectivity index (χ4n) is 1.60. The summed E-state index contributed by atoms with van der Waals surface area (Å²) in [6.45, 7) is 2.21. The quantitative estimate of drug-likeness (QED) is 0.660. The molecule has 0 aromatic heterocycles. The van der Waals surface area contributed by atoms with Crippen LogP contribution in [0.1, 0.15) is 11.7 Å². The summed E-state index contributed by atoms with van der Waals surface area (Å²) in [5, 5.41) is 3.18. The Labute approximate surface area is 82.1 Å². The van der Waals surface area contributed by atoms with E-state index in [0.717, 1.165) is 12.1 Å². The Morgan fingerprint density at radius 1 is 1.43 bits per heavy atom. The first-order valence-corrected chi connectivity index (χ1v) is 4.64. The minimum Gasteiger partial charge on any atom is -0.399 e. The Morgan fingerprint density at radius 2 is 2.29 bits per heavy atom. The predicted molar refractivity (Wildman–Crippen MR) is 52.4 cm³/mol. The lowest BCUT2D eigenvalue weighted by atomic mass is 10.1. The molecule has 1 saturated heterocycles. The minimum atomic E-state index is -0.311. The van der Waals surface area contributed by atoms with Gasteiger partial charge in [-0.1, -0.05) is 0 Å². The van der Waals surface area contributed by atoms with E-state index in [1.165, 1.54) is 12.1 Å². The van der Waals surface area contributed by atoms with Crippen LogP contribution >= 0.6 is 0 Å². The van der Waals surface area contributed by atoms with Crippen molar-refractivity contribution in [2.45, 2.75) is 6.10 Å². The second-order valence-corrected chi connectivity index (χ2v) is 3.38. The highest BCUT2D eigenvalue weighted by Crippen LogP contribution is 2.21. The van der Waals surface area contributed by atoms with E-state index < -0.39 is 0 Å². The van der Waals surface area contributed by atoms with Crippen molar-refractivity contribution in [3.63, 3.8) is 0 Å². The van der Waals surface area contributed by atoms with Crippen molar-refractivity contribution in [1.82, 2.24) is 5.32 Å². The number of morpholine rings is 1. The van der Waals surface area contributed by atoms with Crippen molar-refractivity contribution in [2.24, 2.45) is 0 Å². The second-order valence-electron chi connectivity index (χ2n) is 3.38. The van der Waals surface area contributed by atoms with Crippen molar-refractivity contribution >= 4 is 5.69 Å². The number of nitrogens with one attached hydrogen (secondary N) is 1. The number of halogens is 1. The van der Waals surface area contributed by atoms with Crippen LogP contribution in [0.15, 0.2) is 18.2 Å². The van der Waals surface area contributed by atoms with Crippen molar-refractivity contribution in [1.29, 1.82) is 0 Å². The first-order chi connectivity index (χ1) is 6.75. The van der Waals surface area contributed by atoms with Crippen molar-refractivity contribution in [2.75, 3.05) is 25.4 Å². The van der Waals surface area contributed by atoms with Gasteiger partial charge in [0.05, 0.1) is 12.7 Å². The topological polar surface area (TPSA) is 47.3 Å². The molecule has 3 nitrogen and oxygen atoms in total. The monoisotopic (exact) mass is 196 g/mol. The third-order valence-electron chi connectivity index (χ3n) is 2.24. The van der Waals surface area contributed by atoms with Crippen molar-refractivity contribution in [3.05, 3.63) is 29.6 Å². The zero-order valence-electron chi connectivity index (χ0n) is 7.79. The molecule has 1 aliphatic heterocycles. The van der Waals surface area contributed by atoms with E-state index in [0.29, 0.717) is 18.8 Å². The molecule has 2 rings (SSSR count). The van der Waals surface area contributed by atoms with Gasteiger partial charge in [-0.05, 0) is 23.8 Å². The molecule has 0 spiro atoms. The van der Waals surface area contributed by atoms with E-state index in [4.69, 9.17) is 10.5 Å². The fraction of sp³-hybridized carbons (Fsp3) is 0.400. The Hall–Kier alpha value is -1.13. The van der Waals surface area contributed by atoms with Crippen LogP contribution in [-0.4, -0.2) is 19.7 Å². The second kappa shape index (κ2) is 3.94. The third kappa shape index (κ3) is 2.02. The number of nitrogens with two attached hydrogens (primary N) is 1. The van der Waals surface area contributed by atoms with Crippen LogP contribution in [0.3, 0.4) is 0 Å². The molecule has 1 unspecified atom stereocenters. The van der Waals surface area contributed by atoms with Crippen LogP contribution in [0.5, 0.6) is 0 Å². The molecule has 0 amide bonds. The number of hydrogen-bond acceptors (Lipinski definition) is 3. The molecule has 1 aliphatic rings. The Morgan fingerprint density at radius 3 is 2.93 bits per heavy atom. The summed E-state index contributed by atoms with van der Waals surface area (Å²) >= 11 is 0. The molecule has 14 heavy (non-hydrogen) atoms. The molecule has 3 N–H and O–H groups in total. The molecule has 0 aliphatic carbocycles. The number of anilines is 1. The molecule has 76 valence electrons. The van der Waals surface area contributed by atoms with Crippen LogP contribution in [0.2, 0.25) is 0 Å². The van der Waals surface area contributed by atoms with E-state index in [2.05, 4.69) is 5.32 Å². The lowest BCUT2D eigenvalue weighted by Gasteiger charge is -2.24. The highest BCUT2D eigenvalue weighted by atomic mass is 19.1. The molecule has 1 heterocycles. The van der Waals surface area contributed by atoms with Crippen LogP contribution in [-0.2, 0) is 4.74 Å². The van der Waals surface area contributed by atoms with Crippen LogP contribution < -0.4 is 11.1 Å². The summed E-state index contributed by atoms with van der Waals surface area (Å²) in [5.41, 5.74) is 6.79. The van der Waals surface area contributed by atoms with E-state index in [1.807, 2.05) is 0 Å². The Bertz CT molecular complexity index is 304. The summed E-state index contributed by atoms with van der Waals surface area (Å²) in [6, 6.07) is 4.52. The van der Waals surface area contributed by atoms with Gasteiger partial charge in [-0.3, -0.25) is 0 Å². The molecule has 1 atom stereocenters. The summed E-state index contributed by atoms with van der Waals surface area (Å²) in [4.78, 5) is 0. The summed E-state index contributed by atoms with van der Waals surface area (Å²) in [5.74, 6) is -0.311. The van der Waals surface area contributed by atoms with Crippen LogP contribution in [0, 0.1) is 5.82 Å². The van der Waals surface area contributed by atoms with E-state index in [-0.39, 0.29) is 11.9 Å². The van der Waals surface area contributed by atoms with Crippen LogP contribution in [0.25, 0.3) is 0 Å². The summed E-state index contributed by atoms with van der Waals surface area (Å²) in [7, 11) is 0. The standard InChI is InChI=1S/C10H13FN2O/c11-8-3-7(4-9(12)5-8)10-6-13-1-2-14-10/h3-5,10,13H,1-2,6,12H2. The molecular weight excluding hydrogens is 183 g/mol. The third-order valence-corrected chi connectivity index (χ3v) is 2.24. The lowest BCUT2D eigenvalue weighted by molar-refractivity contribution is 0.0275. The lowest BCUT2D eigenvalue weighted by Crippen LogP contribution is -2.33. The zero-order chi connectivity index (χ0) is 9.97. The van der Waals surface area contributed by atoms with Gasteiger partial charge in [0.1, 0.15) is 5.82 Å². The number of hydrogen-bond donors (Lipinski definition) is 2. The molecule has 4 heteroatoms. The van der Waals surface area contributed by atoms with E-state index >= 15 is 0 Å². The largest absolute Gasteiger partial charge is 0.399 e. The van der Waals surface area contributed by atoms with Crippen LogP contribution in [0.4, 0.5) is 10.1 Å². The number of benzene rings is 1. The maximum Gasteiger partial charge on any atom is 0.125 e. The molecule has 1 aromatic carbocycles. The fourth-order valence-corrected chi connectivity index (χ4v) is 1.60. The smallest absolute Gasteiger partial charge is 0.125 e. The first kappa shape index (κ1) is 9.43. The molecule has 1 fully saturated rings. The maximum atomic E-state index is 13.0. The van der Waals surface area contributed by atoms with Gasteiger partial charge in [-0.25, -0.2) is 4.39 Å². The summed E-state index contributed by atoms with van der Waals surface area (Å²) in [6.07, 6.45) is -0.0817. The highest BCUT2D eigenvalue weighted by Gasteiger charge is 2.16. The predicted octanol–water partition coefficient (Wildman–Crippen LogP) is 1.07. The van der Waals surface area contributed by atoms with Crippen molar-refractivity contribution in [3.8, 4) is 0 Å². The van der Waals surface area contributed by atoms with Gasteiger partial charge in [0, 0.05) is 18.8 Å². The van der Waals surface area contributed by atoms with Gasteiger partial charge in [0.15, 0.2) is 0 Å². The highest BCUT2D eigenvalue weighted by molar-refractivity contribution is 5.42. The van der Waals surface area contributed by atoms with E-state index in [1.54, 1.807) is 6.07 Å². The SMILES string of the molecule is Nc1cc(F)cc(C2CNCCO2)c1. The number of nitrogen functional groups attached to an aromatic ring is 1. The first-order valence-electron chi connectivity index (χ1n) is 4.64. The van der Waals surface area contributed by atoms with E-state index in [9.17, 15) is 4.39 Å². The zero-order valence-corrected chi connectivity index (χ0v) is 7.79. The number of rotatable bonds is 1. The van der Waals surface area contributed by atoms with Crippen molar-refractivity contribution < 1.29 is 9.13 Å². The molecular formula is C10H13FN2O. The molecule has 0 saturated carbocycles. The Kier molecular flexibility index (Phi) is 2.65. The summed E-state index contributed by atoms with van der Waals surface area (Å²) < 4.78 is 18.5. The van der Waals surface area contributed by atoms with Gasteiger partial charge < -0.3 is 15.8 Å². The molecule has 1 aromatic rings. The normalized spacial score (nSPS) is 22.2. The minimum absolute atomic E-state index is 0.0817. The average Bonchev–Trinajstić information content (AvgIpc) is 2.18. The Balaban J connectivity index is 2.21. The van der Waals surface area contributed by atoms with Gasteiger partial charge >= 0.3 is 0 Å². The molecule has 0 bridgehead atoms. The van der Waals surface area contributed by atoms with Gasteiger partial charge in [0.2, 0.25) is 0 Å².